The van der Waals surface area contributed by atoms with Crippen molar-refractivity contribution in [1.29, 1.82) is 0 Å². The first kappa shape index (κ1) is 23.1. The number of benzene rings is 1. The van der Waals surface area contributed by atoms with Gasteiger partial charge in [-0.05, 0) is 44.4 Å². The van der Waals surface area contributed by atoms with Gasteiger partial charge in [-0.25, -0.2) is 4.99 Å². The Bertz CT molecular complexity index is 780. The van der Waals surface area contributed by atoms with Gasteiger partial charge in [0.15, 0.2) is 11.8 Å². The van der Waals surface area contributed by atoms with Crippen molar-refractivity contribution >= 4 is 45.9 Å². The Morgan fingerprint density at radius 2 is 1.86 bits per heavy atom. The van der Waals surface area contributed by atoms with Gasteiger partial charge in [0.2, 0.25) is 0 Å². The lowest BCUT2D eigenvalue weighted by molar-refractivity contribution is 0.431. The molecule has 0 radical (unpaired) electrons. The van der Waals surface area contributed by atoms with Crippen molar-refractivity contribution in [2.75, 3.05) is 13.1 Å². The lowest BCUT2D eigenvalue weighted by Gasteiger charge is -2.31. The summed E-state index contributed by atoms with van der Waals surface area (Å²) >= 11 is 3.55. The third-order valence-electron chi connectivity index (χ3n) is 5.52. The van der Waals surface area contributed by atoms with Gasteiger partial charge in [-0.3, -0.25) is 0 Å². The monoisotopic (exact) mass is 560 g/mol. The second kappa shape index (κ2) is 10.6. The molecule has 0 amide bonds. The fraction of sp³-hybridized carbons (Fsp3) is 0.550. The van der Waals surface area contributed by atoms with E-state index in [1.54, 1.807) is 0 Å². The minimum Gasteiger partial charge on any atom is -0.357 e. The lowest BCUT2D eigenvalue weighted by atomic mass is 9.79. The molecule has 0 unspecified atom stereocenters. The first-order chi connectivity index (χ1) is 13.0. The van der Waals surface area contributed by atoms with Gasteiger partial charge in [0.25, 0.3) is 0 Å². The van der Waals surface area contributed by atoms with Gasteiger partial charge in [-0.15, -0.1) is 34.2 Å². The van der Waals surface area contributed by atoms with E-state index in [-0.39, 0.29) is 29.4 Å². The predicted octanol–water partition coefficient (Wildman–Crippen LogP) is 4.07. The van der Waals surface area contributed by atoms with Crippen molar-refractivity contribution in [3.05, 3.63) is 46.0 Å². The number of nitrogens with one attached hydrogen (secondary N) is 2. The summed E-state index contributed by atoms with van der Waals surface area (Å²) in [7, 11) is 1.97. The van der Waals surface area contributed by atoms with Crippen molar-refractivity contribution in [2.45, 2.75) is 51.5 Å². The highest BCUT2D eigenvalue weighted by molar-refractivity contribution is 14.0. The standard InChI is InChI=1S/C20H29BrN6.HI/c1-4-22-19(23-13-18-26-25-15(2)27(18)3)24-14-20(11-5-6-12-20)16-7-9-17(21)10-8-16;/h7-10H,4-6,11-14H2,1-3H3,(H2,22,23,24);1H. The number of rotatable bonds is 6. The number of aromatic nitrogens is 3. The summed E-state index contributed by atoms with van der Waals surface area (Å²) in [5, 5.41) is 15.2. The van der Waals surface area contributed by atoms with Crippen LogP contribution in [0, 0.1) is 6.92 Å². The van der Waals surface area contributed by atoms with E-state index in [2.05, 4.69) is 68.0 Å². The van der Waals surface area contributed by atoms with Gasteiger partial charge in [-0.2, -0.15) is 0 Å². The first-order valence-electron chi connectivity index (χ1n) is 9.67. The quantitative estimate of drug-likeness (QED) is 0.317. The number of aliphatic imine (C=N–C) groups is 1. The van der Waals surface area contributed by atoms with Gasteiger partial charge < -0.3 is 15.2 Å². The Labute approximate surface area is 193 Å². The molecule has 1 saturated carbocycles. The Kier molecular flexibility index (Phi) is 8.73. The molecule has 154 valence electrons. The van der Waals surface area contributed by atoms with Crippen LogP contribution in [0.15, 0.2) is 33.7 Å². The maximum Gasteiger partial charge on any atom is 0.191 e. The third kappa shape index (κ3) is 5.46. The number of aryl methyl sites for hydroxylation is 1. The normalized spacial score (nSPS) is 15.9. The third-order valence-corrected chi connectivity index (χ3v) is 6.05. The average molecular weight is 561 g/mol. The molecule has 3 rings (SSSR count). The van der Waals surface area contributed by atoms with Gasteiger partial charge in [0.05, 0.1) is 0 Å². The van der Waals surface area contributed by atoms with Gasteiger partial charge in [-0.1, -0.05) is 40.9 Å². The molecule has 28 heavy (non-hydrogen) atoms. The van der Waals surface area contributed by atoms with Crippen LogP contribution >= 0.6 is 39.9 Å². The zero-order valence-electron chi connectivity index (χ0n) is 16.8. The highest BCUT2D eigenvalue weighted by Crippen LogP contribution is 2.40. The summed E-state index contributed by atoms with van der Waals surface area (Å²) in [5.74, 6) is 2.60. The lowest BCUT2D eigenvalue weighted by Crippen LogP contribution is -2.44. The van der Waals surface area contributed by atoms with Crippen LogP contribution in [-0.4, -0.2) is 33.8 Å². The minimum absolute atomic E-state index is 0. The number of hydrogen-bond donors (Lipinski definition) is 2. The number of nitrogens with zero attached hydrogens (tertiary/aromatic N) is 4. The van der Waals surface area contributed by atoms with Crippen LogP contribution in [0.1, 0.15) is 49.8 Å². The molecule has 2 aromatic rings. The van der Waals surface area contributed by atoms with Gasteiger partial charge in [0.1, 0.15) is 12.4 Å². The van der Waals surface area contributed by atoms with Crippen molar-refractivity contribution in [1.82, 2.24) is 25.4 Å². The van der Waals surface area contributed by atoms with Crippen LogP contribution in [-0.2, 0) is 19.0 Å². The number of guanidine groups is 1. The topological polar surface area (TPSA) is 67.1 Å². The molecular formula is C20H30BrIN6. The summed E-state index contributed by atoms with van der Waals surface area (Å²) in [6.45, 7) is 6.26. The second-order valence-electron chi connectivity index (χ2n) is 7.27. The van der Waals surface area contributed by atoms with E-state index in [1.807, 2.05) is 18.5 Å². The molecule has 2 N–H and O–H groups in total. The van der Waals surface area contributed by atoms with E-state index in [4.69, 9.17) is 4.99 Å². The fourth-order valence-corrected chi connectivity index (χ4v) is 4.02. The van der Waals surface area contributed by atoms with Crippen molar-refractivity contribution in [3.8, 4) is 0 Å². The predicted molar refractivity (Wildman–Crippen MR) is 128 cm³/mol. The minimum atomic E-state index is 0. The zero-order valence-corrected chi connectivity index (χ0v) is 20.8. The molecular weight excluding hydrogens is 531 g/mol. The second-order valence-corrected chi connectivity index (χ2v) is 8.18. The average Bonchev–Trinajstić information content (AvgIpc) is 3.27. The van der Waals surface area contributed by atoms with Crippen LogP contribution in [0.5, 0.6) is 0 Å². The van der Waals surface area contributed by atoms with E-state index in [9.17, 15) is 0 Å². The Morgan fingerprint density at radius 3 is 2.43 bits per heavy atom. The summed E-state index contributed by atoms with van der Waals surface area (Å²) in [6.07, 6.45) is 4.99. The molecule has 0 bridgehead atoms. The molecule has 1 aliphatic rings. The van der Waals surface area contributed by atoms with E-state index in [0.29, 0.717) is 6.54 Å². The highest BCUT2D eigenvalue weighted by atomic mass is 127. The van der Waals surface area contributed by atoms with E-state index in [1.165, 1.54) is 31.2 Å². The van der Waals surface area contributed by atoms with E-state index in [0.717, 1.165) is 35.2 Å². The molecule has 0 atom stereocenters. The summed E-state index contributed by atoms with van der Waals surface area (Å²) in [5.41, 5.74) is 1.59. The van der Waals surface area contributed by atoms with Gasteiger partial charge in [0, 0.05) is 30.0 Å². The molecule has 1 aromatic heterocycles. The Hall–Kier alpha value is -1.16. The van der Waals surface area contributed by atoms with Crippen LogP contribution in [0.25, 0.3) is 0 Å². The summed E-state index contributed by atoms with van der Waals surface area (Å²) in [4.78, 5) is 4.72. The van der Waals surface area contributed by atoms with E-state index >= 15 is 0 Å². The Balaban J connectivity index is 0.00000280. The Morgan fingerprint density at radius 1 is 1.18 bits per heavy atom. The maximum absolute atomic E-state index is 4.72. The number of hydrogen-bond acceptors (Lipinski definition) is 3. The molecule has 8 heteroatoms. The fourth-order valence-electron chi connectivity index (χ4n) is 3.76. The zero-order chi connectivity index (χ0) is 19.3. The highest BCUT2D eigenvalue weighted by Gasteiger charge is 2.35. The molecule has 0 aliphatic heterocycles. The largest absolute Gasteiger partial charge is 0.357 e. The molecule has 0 spiro atoms. The van der Waals surface area contributed by atoms with Crippen LogP contribution in [0.2, 0.25) is 0 Å². The molecule has 0 saturated heterocycles. The molecule has 6 nitrogen and oxygen atoms in total. The summed E-state index contributed by atoms with van der Waals surface area (Å²) in [6, 6.07) is 8.79. The molecule has 1 aliphatic carbocycles. The van der Waals surface area contributed by atoms with Crippen molar-refractivity contribution in [3.63, 3.8) is 0 Å². The van der Waals surface area contributed by atoms with Crippen LogP contribution in [0.4, 0.5) is 0 Å². The van der Waals surface area contributed by atoms with Crippen molar-refractivity contribution < 1.29 is 0 Å². The van der Waals surface area contributed by atoms with Gasteiger partial charge >= 0.3 is 0 Å². The van der Waals surface area contributed by atoms with E-state index < -0.39 is 0 Å². The van der Waals surface area contributed by atoms with Crippen molar-refractivity contribution in [2.24, 2.45) is 12.0 Å². The summed E-state index contributed by atoms with van der Waals surface area (Å²) < 4.78 is 3.11. The van der Waals surface area contributed by atoms with Crippen LogP contribution < -0.4 is 10.6 Å². The molecule has 1 fully saturated rings. The first-order valence-corrected chi connectivity index (χ1v) is 10.5. The molecule has 1 aromatic carbocycles. The SMILES string of the molecule is CCNC(=NCc1nnc(C)n1C)NCC1(c2ccc(Br)cc2)CCCC1.I. The smallest absolute Gasteiger partial charge is 0.191 e. The maximum atomic E-state index is 4.72. The number of halogens is 2. The molecule has 1 heterocycles. The van der Waals surface area contributed by atoms with Crippen LogP contribution in [0.3, 0.4) is 0 Å².